The van der Waals surface area contributed by atoms with Crippen LogP contribution in [0.15, 0.2) is 36.7 Å². The van der Waals surface area contributed by atoms with Crippen molar-refractivity contribution >= 4 is 14.0 Å². The van der Waals surface area contributed by atoms with E-state index in [1.165, 1.54) is 0 Å². The normalized spacial score (nSPS) is 13.1. The van der Waals surface area contributed by atoms with E-state index >= 15 is 0 Å². The van der Waals surface area contributed by atoms with Crippen molar-refractivity contribution in [3.05, 3.63) is 36.7 Å². The van der Waals surface area contributed by atoms with Crippen molar-refractivity contribution in [1.29, 1.82) is 0 Å². The molecule has 9 heteroatoms. The maximum Gasteiger partial charge on any atom is 0.322 e. The molecule has 0 radical (unpaired) electrons. The third-order valence-corrected chi connectivity index (χ3v) is 4.51. The van der Waals surface area contributed by atoms with Gasteiger partial charge >= 0.3 is 8.05 Å². The van der Waals surface area contributed by atoms with Crippen molar-refractivity contribution in [2.24, 2.45) is 0 Å². The van der Waals surface area contributed by atoms with Crippen molar-refractivity contribution in [3.63, 3.8) is 0 Å². The van der Waals surface area contributed by atoms with Crippen LogP contribution in [0.4, 0.5) is 5.95 Å². The molecule has 8 nitrogen and oxygen atoms in total. The van der Waals surface area contributed by atoms with Crippen molar-refractivity contribution in [1.82, 2.24) is 20.2 Å². The van der Waals surface area contributed by atoms with Crippen LogP contribution in [0.25, 0.3) is 22.4 Å². The van der Waals surface area contributed by atoms with E-state index in [-0.39, 0.29) is 0 Å². The molecule has 1 fully saturated rings. The first-order valence-electron chi connectivity index (χ1n) is 8.95. The Bertz CT molecular complexity index is 980. The maximum atomic E-state index is 5.58. The van der Waals surface area contributed by atoms with Gasteiger partial charge in [0.15, 0.2) is 5.75 Å². The maximum absolute atomic E-state index is 5.58. The molecule has 0 amide bonds. The van der Waals surface area contributed by atoms with Crippen LogP contribution in [-0.4, -0.2) is 48.5 Å². The monoisotopic (exact) mass is 377 g/mol. The molecular formula is C19H20BN5O3. The SMILES string of the molecule is BOc1cc(-c2cnc(OC)c(OC)c2)ccc1-c1cnc(NC2CC2)nn1. The molecule has 1 N–H and O–H groups in total. The zero-order valence-electron chi connectivity index (χ0n) is 16.0. The minimum Gasteiger partial charge on any atom is -0.567 e. The molecule has 0 unspecified atom stereocenters. The average molecular weight is 377 g/mol. The first kappa shape index (κ1) is 18.0. The zero-order chi connectivity index (χ0) is 19.5. The van der Waals surface area contributed by atoms with Gasteiger partial charge in [-0.2, -0.15) is 0 Å². The molecule has 0 spiro atoms. The lowest BCUT2D eigenvalue weighted by molar-refractivity contribution is 0.343. The number of rotatable bonds is 7. The Labute approximate surface area is 163 Å². The summed E-state index contributed by atoms with van der Waals surface area (Å²) in [5.74, 6) is 2.23. The Morgan fingerprint density at radius 3 is 2.43 bits per heavy atom. The van der Waals surface area contributed by atoms with Gasteiger partial charge in [-0.1, -0.05) is 6.07 Å². The van der Waals surface area contributed by atoms with Crippen molar-refractivity contribution in [2.45, 2.75) is 18.9 Å². The molecule has 142 valence electrons. The summed E-state index contributed by atoms with van der Waals surface area (Å²) < 4.78 is 16.1. The Kier molecular flexibility index (Phi) is 4.97. The van der Waals surface area contributed by atoms with E-state index in [9.17, 15) is 0 Å². The molecule has 1 aliphatic rings. The highest BCUT2D eigenvalue weighted by molar-refractivity contribution is 6.01. The number of pyridine rings is 1. The predicted octanol–water partition coefficient (Wildman–Crippen LogP) is 2.12. The number of hydrogen-bond donors (Lipinski definition) is 1. The number of ether oxygens (including phenoxy) is 2. The Morgan fingerprint density at radius 1 is 0.964 bits per heavy atom. The number of nitrogens with one attached hydrogen (secondary N) is 1. The highest BCUT2D eigenvalue weighted by Gasteiger charge is 2.22. The largest absolute Gasteiger partial charge is 0.567 e. The van der Waals surface area contributed by atoms with Gasteiger partial charge in [0, 0.05) is 23.4 Å². The minimum atomic E-state index is 0.441. The molecule has 2 heterocycles. The van der Waals surface area contributed by atoms with E-state index < -0.39 is 0 Å². The van der Waals surface area contributed by atoms with Gasteiger partial charge in [0.25, 0.3) is 5.88 Å². The molecule has 0 bridgehead atoms. The van der Waals surface area contributed by atoms with Gasteiger partial charge in [-0.05, 0) is 36.6 Å². The fourth-order valence-corrected chi connectivity index (χ4v) is 2.85. The molecule has 3 aromatic rings. The number of benzene rings is 1. The van der Waals surface area contributed by atoms with Gasteiger partial charge in [0.1, 0.15) is 11.4 Å². The van der Waals surface area contributed by atoms with E-state index in [1.807, 2.05) is 24.3 Å². The molecule has 0 saturated heterocycles. The van der Waals surface area contributed by atoms with Crippen LogP contribution in [0.5, 0.6) is 17.4 Å². The van der Waals surface area contributed by atoms with Crippen LogP contribution in [-0.2, 0) is 0 Å². The molecule has 28 heavy (non-hydrogen) atoms. The lowest BCUT2D eigenvalue weighted by Crippen LogP contribution is -2.06. The zero-order valence-corrected chi connectivity index (χ0v) is 16.0. The first-order valence-corrected chi connectivity index (χ1v) is 8.95. The fourth-order valence-electron chi connectivity index (χ4n) is 2.85. The topological polar surface area (TPSA) is 91.3 Å². The number of aromatic nitrogens is 4. The van der Waals surface area contributed by atoms with Crippen molar-refractivity contribution in [3.8, 4) is 39.8 Å². The number of hydrogen-bond acceptors (Lipinski definition) is 8. The fraction of sp³-hybridized carbons (Fsp3) is 0.263. The molecule has 2 aromatic heterocycles. The lowest BCUT2D eigenvalue weighted by atomic mass is 10.0. The summed E-state index contributed by atoms with van der Waals surface area (Å²) in [7, 11) is 4.77. The van der Waals surface area contributed by atoms with Crippen LogP contribution in [0.2, 0.25) is 0 Å². The molecule has 1 aromatic carbocycles. The minimum absolute atomic E-state index is 0.441. The van der Waals surface area contributed by atoms with Crippen molar-refractivity contribution < 1.29 is 14.1 Å². The van der Waals surface area contributed by atoms with Crippen LogP contribution in [0, 0.1) is 0 Å². The molecule has 1 saturated carbocycles. The number of nitrogens with zero attached hydrogens (tertiary/aromatic N) is 4. The summed E-state index contributed by atoms with van der Waals surface area (Å²) in [6.45, 7) is 0. The van der Waals surface area contributed by atoms with Gasteiger partial charge in [-0.3, -0.25) is 0 Å². The Balaban J connectivity index is 1.64. The molecule has 1 aliphatic carbocycles. The highest BCUT2D eigenvalue weighted by atomic mass is 16.5. The highest BCUT2D eigenvalue weighted by Crippen LogP contribution is 2.35. The van der Waals surface area contributed by atoms with Crippen LogP contribution < -0.4 is 19.4 Å². The van der Waals surface area contributed by atoms with Gasteiger partial charge in [0.05, 0.1) is 20.4 Å². The van der Waals surface area contributed by atoms with E-state index in [2.05, 4.69) is 25.5 Å². The van der Waals surface area contributed by atoms with Gasteiger partial charge in [-0.25, -0.2) is 9.97 Å². The molecule has 0 atom stereocenters. The first-order chi connectivity index (χ1) is 13.7. The Morgan fingerprint density at radius 2 is 1.79 bits per heavy atom. The third kappa shape index (κ3) is 3.69. The molecular weight excluding hydrogens is 357 g/mol. The van der Waals surface area contributed by atoms with Crippen LogP contribution in [0.1, 0.15) is 12.8 Å². The van der Waals surface area contributed by atoms with Gasteiger partial charge < -0.3 is 19.4 Å². The summed E-state index contributed by atoms with van der Waals surface area (Å²) in [5.41, 5.74) is 3.28. The number of methoxy groups -OCH3 is 2. The van der Waals surface area contributed by atoms with E-state index in [0.29, 0.717) is 35.1 Å². The van der Waals surface area contributed by atoms with Crippen LogP contribution >= 0.6 is 0 Å². The summed E-state index contributed by atoms with van der Waals surface area (Å²) in [5, 5.41) is 11.7. The summed E-state index contributed by atoms with van der Waals surface area (Å²) in [6, 6.07) is 8.19. The van der Waals surface area contributed by atoms with Crippen molar-refractivity contribution in [2.75, 3.05) is 19.5 Å². The van der Waals surface area contributed by atoms with E-state index in [4.69, 9.17) is 14.1 Å². The second-order valence-electron chi connectivity index (χ2n) is 6.44. The van der Waals surface area contributed by atoms with Gasteiger partial charge in [0.2, 0.25) is 5.95 Å². The summed E-state index contributed by atoms with van der Waals surface area (Å²) >= 11 is 0. The second-order valence-corrected chi connectivity index (χ2v) is 6.44. The van der Waals surface area contributed by atoms with E-state index in [1.54, 1.807) is 34.7 Å². The smallest absolute Gasteiger partial charge is 0.322 e. The van der Waals surface area contributed by atoms with Gasteiger partial charge in [-0.15, -0.1) is 10.2 Å². The standard InChI is InChI=1S/C19H20BN5O3/c1-26-17-8-12(9-21-18(17)27-2)11-3-6-14(16(7-11)28-20)15-10-22-19(25-24-15)23-13-4-5-13/h3,6-10,13H,4-5,20H2,1-2H3,(H,22,23,25). The van der Waals surface area contributed by atoms with Crippen LogP contribution in [0.3, 0.4) is 0 Å². The molecule has 0 aliphatic heterocycles. The average Bonchev–Trinajstić information content (AvgIpc) is 3.57. The second kappa shape index (κ2) is 7.71. The third-order valence-electron chi connectivity index (χ3n) is 4.51. The quantitative estimate of drug-likeness (QED) is 0.626. The Hall–Kier alpha value is -3.36. The summed E-state index contributed by atoms with van der Waals surface area (Å²) in [6.07, 6.45) is 5.75. The summed E-state index contributed by atoms with van der Waals surface area (Å²) in [4.78, 5) is 8.64. The predicted molar refractivity (Wildman–Crippen MR) is 107 cm³/mol. The molecule has 4 rings (SSSR count). The number of anilines is 1. The lowest BCUT2D eigenvalue weighted by Gasteiger charge is -2.12. The van der Waals surface area contributed by atoms with E-state index in [0.717, 1.165) is 29.5 Å².